The van der Waals surface area contributed by atoms with Crippen molar-refractivity contribution in [3.05, 3.63) is 35.9 Å². The minimum absolute atomic E-state index is 0.0569. The van der Waals surface area contributed by atoms with Crippen molar-refractivity contribution in [3.8, 4) is 0 Å². The van der Waals surface area contributed by atoms with Gasteiger partial charge in [-0.25, -0.2) is 0 Å². The number of benzene rings is 1. The number of piperidine rings is 1. The number of ether oxygens (including phenoxy) is 1. The number of amides is 1. The van der Waals surface area contributed by atoms with Crippen LogP contribution in [0, 0.1) is 5.92 Å². The molecule has 0 spiro atoms. The van der Waals surface area contributed by atoms with Crippen molar-refractivity contribution < 1.29 is 9.53 Å². The van der Waals surface area contributed by atoms with E-state index in [1.165, 1.54) is 5.56 Å². The molecule has 1 amide bonds. The maximum absolute atomic E-state index is 12.4. The molecule has 104 valence electrons. The molecule has 2 rings (SSSR count). The van der Waals surface area contributed by atoms with Crippen molar-refractivity contribution in [2.45, 2.75) is 32.3 Å². The monoisotopic (exact) mass is 261 g/mol. The molecule has 1 aromatic carbocycles. The van der Waals surface area contributed by atoms with Gasteiger partial charge in [0.15, 0.2) is 0 Å². The maximum atomic E-state index is 12.4. The number of rotatable bonds is 4. The molecular formula is C16H23NO2. The van der Waals surface area contributed by atoms with Gasteiger partial charge in [-0.1, -0.05) is 37.3 Å². The summed E-state index contributed by atoms with van der Waals surface area (Å²) in [6.45, 7) is 3.69. The quantitative estimate of drug-likeness (QED) is 0.833. The van der Waals surface area contributed by atoms with E-state index in [0.717, 1.165) is 32.4 Å². The van der Waals surface area contributed by atoms with Gasteiger partial charge in [-0.05, 0) is 24.8 Å². The molecule has 3 nitrogen and oxygen atoms in total. The highest BCUT2D eigenvalue weighted by molar-refractivity contribution is 5.78. The fraction of sp³-hybridized carbons (Fsp3) is 0.562. The minimum atomic E-state index is 0.0569. The number of likely N-dealkylation sites (tertiary alicyclic amines) is 1. The van der Waals surface area contributed by atoms with E-state index in [0.29, 0.717) is 6.10 Å². The highest BCUT2D eigenvalue weighted by atomic mass is 16.5. The SMILES string of the molecule is COC1CCN(C(=O)[C@@H](C)Cc2ccccc2)CC1. The normalized spacial score (nSPS) is 18.3. The summed E-state index contributed by atoms with van der Waals surface area (Å²) in [6.07, 6.45) is 3.07. The van der Waals surface area contributed by atoms with E-state index in [4.69, 9.17) is 4.74 Å². The molecule has 1 atom stereocenters. The lowest BCUT2D eigenvalue weighted by Gasteiger charge is -2.33. The molecular weight excluding hydrogens is 238 g/mol. The van der Waals surface area contributed by atoms with Crippen LogP contribution in [0.15, 0.2) is 30.3 Å². The predicted octanol–water partition coefficient (Wildman–Crippen LogP) is 2.50. The lowest BCUT2D eigenvalue weighted by Crippen LogP contribution is -2.43. The first kappa shape index (κ1) is 14.1. The van der Waals surface area contributed by atoms with Gasteiger partial charge in [-0.2, -0.15) is 0 Å². The Bertz CT molecular complexity index is 396. The van der Waals surface area contributed by atoms with Gasteiger partial charge >= 0.3 is 0 Å². The van der Waals surface area contributed by atoms with Crippen LogP contribution in [-0.4, -0.2) is 37.1 Å². The van der Waals surface area contributed by atoms with Gasteiger partial charge in [0.2, 0.25) is 5.91 Å². The summed E-state index contributed by atoms with van der Waals surface area (Å²) in [7, 11) is 1.75. The summed E-state index contributed by atoms with van der Waals surface area (Å²) in [5, 5.41) is 0. The third-order valence-electron chi connectivity index (χ3n) is 3.89. The Balaban J connectivity index is 1.86. The Kier molecular flexibility index (Phi) is 4.97. The molecule has 3 heteroatoms. The van der Waals surface area contributed by atoms with Gasteiger partial charge in [0.25, 0.3) is 0 Å². The number of carbonyl (C=O) groups excluding carboxylic acids is 1. The Morgan fingerprint density at radius 3 is 2.53 bits per heavy atom. The van der Waals surface area contributed by atoms with Crippen LogP contribution in [0.1, 0.15) is 25.3 Å². The van der Waals surface area contributed by atoms with Gasteiger partial charge in [0, 0.05) is 26.1 Å². The fourth-order valence-corrected chi connectivity index (χ4v) is 2.68. The Hall–Kier alpha value is -1.35. The van der Waals surface area contributed by atoms with Crippen molar-refractivity contribution in [1.29, 1.82) is 0 Å². The van der Waals surface area contributed by atoms with E-state index in [-0.39, 0.29) is 11.8 Å². The molecule has 0 bridgehead atoms. The second-order valence-electron chi connectivity index (χ2n) is 5.35. The van der Waals surface area contributed by atoms with E-state index in [2.05, 4.69) is 12.1 Å². The van der Waals surface area contributed by atoms with Crippen LogP contribution in [-0.2, 0) is 16.0 Å². The van der Waals surface area contributed by atoms with Crippen LogP contribution >= 0.6 is 0 Å². The third kappa shape index (κ3) is 3.80. The second-order valence-corrected chi connectivity index (χ2v) is 5.35. The van der Waals surface area contributed by atoms with E-state index in [9.17, 15) is 4.79 Å². The third-order valence-corrected chi connectivity index (χ3v) is 3.89. The largest absolute Gasteiger partial charge is 0.381 e. The summed E-state index contributed by atoms with van der Waals surface area (Å²) in [4.78, 5) is 14.4. The van der Waals surface area contributed by atoms with Crippen LogP contribution in [0.4, 0.5) is 0 Å². The highest BCUT2D eigenvalue weighted by Crippen LogP contribution is 2.17. The molecule has 1 aliphatic rings. The second kappa shape index (κ2) is 6.71. The Morgan fingerprint density at radius 1 is 1.32 bits per heavy atom. The molecule has 1 aromatic rings. The zero-order chi connectivity index (χ0) is 13.7. The Labute approximate surface area is 115 Å². The summed E-state index contributed by atoms with van der Waals surface area (Å²) >= 11 is 0. The molecule has 19 heavy (non-hydrogen) atoms. The minimum Gasteiger partial charge on any atom is -0.381 e. The summed E-state index contributed by atoms with van der Waals surface area (Å²) in [5.74, 6) is 0.333. The number of hydrogen-bond acceptors (Lipinski definition) is 2. The predicted molar refractivity (Wildman–Crippen MR) is 75.9 cm³/mol. The van der Waals surface area contributed by atoms with Crippen LogP contribution in [0.25, 0.3) is 0 Å². The molecule has 0 unspecified atom stereocenters. The molecule has 1 aliphatic heterocycles. The molecule has 0 radical (unpaired) electrons. The van der Waals surface area contributed by atoms with Crippen LogP contribution < -0.4 is 0 Å². The van der Waals surface area contributed by atoms with Crippen molar-refractivity contribution in [2.75, 3.05) is 20.2 Å². The van der Waals surface area contributed by atoms with E-state index >= 15 is 0 Å². The van der Waals surface area contributed by atoms with Gasteiger partial charge < -0.3 is 9.64 Å². The van der Waals surface area contributed by atoms with Gasteiger partial charge in [0.05, 0.1) is 6.10 Å². The summed E-state index contributed by atoms with van der Waals surface area (Å²) in [6, 6.07) is 10.2. The number of carbonyl (C=O) groups is 1. The lowest BCUT2D eigenvalue weighted by molar-refractivity contribution is -0.137. The molecule has 0 saturated carbocycles. The first-order valence-electron chi connectivity index (χ1n) is 7.06. The molecule has 1 heterocycles. The molecule has 1 fully saturated rings. The topological polar surface area (TPSA) is 29.5 Å². The summed E-state index contributed by atoms with van der Waals surface area (Å²) in [5.41, 5.74) is 1.23. The van der Waals surface area contributed by atoms with Crippen LogP contribution in [0.3, 0.4) is 0 Å². The van der Waals surface area contributed by atoms with Gasteiger partial charge in [-0.3, -0.25) is 4.79 Å². The van der Waals surface area contributed by atoms with E-state index < -0.39 is 0 Å². The molecule has 0 aliphatic carbocycles. The van der Waals surface area contributed by atoms with Crippen molar-refractivity contribution in [3.63, 3.8) is 0 Å². The highest BCUT2D eigenvalue weighted by Gasteiger charge is 2.25. The van der Waals surface area contributed by atoms with Crippen LogP contribution in [0.5, 0.6) is 0 Å². The average Bonchev–Trinajstić information content (AvgIpc) is 2.47. The van der Waals surface area contributed by atoms with E-state index in [1.54, 1.807) is 7.11 Å². The van der Waals surface area contributed by atoms with Crippen LogP contribution in [0.2, 0.25) is 0 Å². The number of methoxy groups -OCH3 is 1. The summed E-state index contributed by atoms with van der Waals surface area (Å²) < 4.78 is 5.34. The first-order chi connectivity index (χ1) is 9.20. The van der Waals surface area contributed by atoms with Crippen molar-refractivity contribution >= 4 is 5.91 Å². The van der Waals surface area contributed by atoms with E-state index in [1.807, 2.05) is 30.0 Å². The molecule has 0 aromatic heterocycles. The number of nitrogens with zero attached hydrogens (tertiary/aromatic N) is 1. The maximum Gasteiger partial charge on any atom is 0.225 e. The zero-order valence-corrected chi connectivity index (χ0v) is 11.8. The molecule has 1 saturated heterocycles. The molecule has 0 N–H and O–H groups in total. The van der Waals surface area contributed by atoms with Crippen molar-refractivity contribution in [2.24, 2.45) is 5.92 Å². The Morgan fingerprint density at radius 2 is 1.95 bits per heavy atom. The zero-order valence-electron chi connectivity index (χ0n) is 11.8. The first-order valence-corrected chi connectivity index (χ1v) is 7.06. The van der Waals surface area contributed by atoms with Gasteiger partial charge in [0.1, 0.15) is 0 Å². The average molecular weight is 261 g/mol. The van der Waals surface area contributed by atoms with Crippen molar-refractivity contribution in [1.82, 2.24) is 4.90 Å². The lowest BCUT2D eigenvalue weighted by atomic mass is 9.98. The fourth-order valence-electron chi connectivity index (χ4n) is 2.68. The smallest absolute Gasteiger partial charge is 0.225 e. The number of hydrogen-bond donors (Lipinski definition) is 0. The van der Waals surface area contributed by atoms with Gasteiger partial charge in [-0.15, -0.1) is 0 Å². The standard InChI is InChI=1S/C16H23NO2/c1-13(12-14-6-4-3-5-7-14)16(18)17-10-8-15(19-2)9-11-17/h3-7,13,15H,8-12H2,1-2H3/t13-/m0/s1.